The summed E-state index contributed by atoms with van der Waals surface area (Å²) in [4.78, 5) is 26.5. The second-order valence-electron chi connectivity index (χ2n) is 7.04. The number of Topliss-reactive ketones (excluding diaryl/α,β-unsaturated/α-hetero) is 1. The van der Waals surface area contributed by atoms with Crippen LogP contribution in [0, 0.1) is 13.8 Å². The van der Waals surface area contributed by atoms with Gasteiger partial charge < -0.3 is 9.88 Å². The van der Waals surface area contributed by atoms with Gasteiger partial charge in [-0.2, -0.15) is 0 Å². The van der Waals surface area contributed by atoms with E-state index in [4.69, 9.17) is 11.6 Å². The number of aryl methyl sites for hydroxylation is 1. The van der Waals surface area contributed by atoms with Gasteiger partial charge in [-0.05, 0) is 64.1 Å². The summed E-state index contributed by atoms with van der Waals surface area (Å²) in [5.41, 5.74) is 3.62. The minimum absolute atomic E-state index is 0.0480. The molecule has 1 saturated carbocycles. The average molecular weight is 374 g/mol. The zero-order valence-corrected chi connectivity index (χ0v) is 16.1. The summed E-state index contributed by atoms with van der Waals surface area (Å²) in [5, 5.41) is 3.43. The second kappa shape index (κ2) is 7.64. The number of likely N-dealkylation sites (N-methyl/N-ethyl adjacent to an activating group) is 1. The van der Waals surface area contributed by atoms with Crippen LogP contribution in [0.4, 0.5) is 5.69 Å². The Kier molecular flexibility index (Phi) is 5.49. The SMILES string of the molecule is Cc1cc(C(=O)CN(C)CC(=O)Nc2ccc(Cl)cc2)c(C)n1C1CC1. The van der Waals surface area contributed by atoms with Gasteiger partial charge in [-0.15, -0.1) is 0 Å². The van der Waals surface area contributed by atoms with Gasteiger partial charge in [0.1, 0.15) is 0 Å². The molecule has 0 radical (unpaired) electrons. The van der Waals surface area contributed by atoms with E-state index in [1.807, 2.05) is 19.9 Å². The maximum Gasteiger partial charge on any atom is 0.238 e. The number of carbonyl (C=O) groups excluding carboxylic acids is 2. The number of nitrogens with one attached hydrogen (secondary N) is 1. The number of carbonyl (C=O) groups is 2. The van der Waals surface area contributed by atoms with Crippen LogP contribution in [-0.2, 0) is 4.79 Å². The molecule has 0 saturated heterocycles. The van der Waals surface area contributed by atoms with Crippen molar-refractivity contribution in [2.75, 3.05) is 25.5 Å². The molecule has 6 heteroatoms. The number of anilines is 1. The zero-order chi connectivity index (χ0) is 18.8. The summed E-state index contributed by atoms with van der Waals surface area (Å²) >= 11 is 5.84. The Morgan fingerprint density at radius 1 is 1.19 bits per heavy atom. The van der Waals surface area contributed by atoms with Crippen molar-refractivity contribution in [2.24, 2.45) is 0 Å². The van der Waals surface area contributed by atoms with E-state index >= 15 is 0 Å². The van der Waals surface area contributed by atoms with Gasteiger partial charge in [0.05, 0.1) is 13.1 Å². The topological polar surface area (TPSA) is 54.3 Å². The molecule has 1 N–H and O–H groups in total. The molecule has 0 atom stereocenters. The summed E-state index contributed by atoms with van der Waals surface area (Å²) in [5.74, 6) is -0.113. The quantitative estimate of drug-likeness (QED) is 0.750. The highest BCUT2D eigenvalue weighted by atomic mass is 35.5. The highest BCUT2D eigenvalue weighted by molar-refractivity contribution is 6.30. The molecule has 1 aromatic carbocycles. The van der Waals surface area contributed by atoms with Gasteiger partial charge >= 0.3 is 0 Å². The van der Waals surface area contributed by atoms with E-state index in [9.17, 15) is 9.59 Å². The van der Waals surface area contributed by atoms with Crippen molar-refractivity contribution in [3.05, 3.63) is 52.3 Å². The molecule has 0 bridgehead atoms. The molecule has 138 valence electrons. The molecule has 1 heterocycles. The molecular formula is C20H24ClN3O2. The summed E-state index contributed by atoms with van der Waals surface area (Å²) < 4.78 is 2.26. The first-order chi connectivity index (χ1) is 12.3. The van der Waals surface area contributed by atoms with Gasteiger partial charge in [0, 0.05) is 33.7 Å². The molecule has 1 aliphatic carbocycles. The van der Waals surface area contributed by atoms with Crippen LogP contribution in [0.25, 0.3) is 0 Å². The Bertz CT molecular complexity index is 822. The highest BCUT2D eigenvalue weighted by Gasteiger charge is 2.28. The average Bonchev–Trinajstić information content (AvgIpc) is 3.34. The van der Waals surface area contributed by atoms with Crippen LogP contribution in [0.2, 0.25) is 5.02 Å². The minimum Gasteiger partial charge on any atom is -0.345 e. The van der Waals surface area contributed by atoms with E-state index in [1.54, 1.807) is 36.2 Å². The van der Waals surface area contributed by atoms with E-state index in [0.29, 0.717) is 16.8 Å². The second-order valence-corrected chi connectivity index (χ2v) is 7.47. The Morgan fingerprint density at radius 2 is 1.85 bits per heavy atom. The lowest BCUT2D eigenvalue weighted by atomic mass is 10.1. The molecule has 0 spiro atoms. The van der Waals surface area contributed by atoms with Gasteiger partial charge in [-0.1, -0.05) is 11.6 Å². The van der Waals surface area contributed by atoms with Crippen molar-refractivity contribution in [3.8, 4) is 0 Å². The zero-order valence-electron chi connectivity index (χ0n) is 15.4. The number of hydrogen-bond donors (Lipinski definition) is 1. The lowest BCUT2D eigenvalue weighted by Gasteiger charge is -2.15. The van der Waals surface area contributed by atoms with Gasteiger partial charge in [0.2, 0.25) is 5.91 Å². The van der Waals surface area contributed by atoms with Crippen LogP contribution < -0.4 is 5.32 Å². The van der Waals surface area contributed by atoms with Crippen LogP contribution in [0.5, 0.6) is 0 Å². The highest BCUT2D eigenvalue weighted by Crippen LogP contribution is 2.38. The van der Waals surface area contributed by atoms with Crippen LogP contribution >= 0.6 is 11.6 Å². The minimum atomic E-state index is -0.161. The first kappa shape index (κ1) is 18.7. The summed E-state index contributed by atoms with van der Waals surface area (Å²) in [7, 11) is 1.78. The lowest BCUT2D eigenvalue weighted by molar-refractivity contribution is -0.116. The number of benzene rings is 1. The molecule has 1 amide bonds. The van der Waals surface area contributed by atoms with Crippen molar-refractivity contribution >= 4 is 29.0 Å². The fourth-order valence-electron chi connectivity index (χ4n) is 3.32. The van der Waals surface area contributed by atoms with Gasteiger partial charge in [-0.25, -0.2) is 0 Å². The number of ketones is 1. The molecular weight excluding hydrogens is 350 g/mol. The number of hydrogen-bond acceptors (Lipinski definition) is 3. The summed E-state index contributed by atoms with van der Waals surface area (Å²) in [6.45, 7) is 4.41. The fraction of sp³-hybridized carbons (Fsp3) is 0.400. The van der Waals surface area contributed by atoms with Gasteiger partial charge in [0.25, 0.3) is 0 Å². The van der Waals surface area contributed by atoms with E-state index in [0.717, 1.165) is 17.0 Å². The molecule has 2 aromatic rings. The molecule has 0 aliphatic heterocycles. The smallest absolute Gasteiger partial charge is 0.238 e. The molecule has 3 rings (SSSR count). The third-order valence-electron chi connectivity index (χ3n) is 4.65. The molecule has 1 aliphatic rings. The third-order valence-corrected chi connectivity index (χ3v) is 4.90. The van der Waals surface area contributed by atoms with Crippen molar-refractivity contribution in [1.82, 2.24) is 9.47 Å². The number of nitrogens with zero attached hydrogens (tertiary/aromatic N) is 2. The molecule has 0 unspecified atom stereocenters. The number of aromatic nitrogens is 1. The maximum atomic E-state index is 12.7. The number of halogens is 1. The van der Waals surface area contributed by atoms with Crippen molar-refractivity contribution < 1.29 is 9.59 Å². The summed E-state index contributed by atoms with van der Waals surface area (Å²) in [6, 6.07) is 9.47. The molecule has 1 aromatic heterocycles. The van der Waals surface area contributed by atoms with Gasteiger partial charge in [0.15, 0.2) is 5.78 Å². The predicted octanol–water partition coefficient (Wildman–Crippen LogP) is 3.85. The Morgan fingerprint density at radius 3 is 2.46 bits per heavy atom. The molecule has 26 heavy (non-hydrogen) atoms. The van der Waals surface area contributed by atoms with Gasteiger partial charge in [-0.3, -0.25) is 14.5 Å². The van der Waals surface area contributed by atoms with Crippen LogP contribution in [-0.4, -0.2) is 41.3 Å². The van der Waals surface area contributed by atoms with Crippen LogP contribution in [0.3, 0.4) is 0 Å². The normalized spacial score (nSPS) is 13.9. The number of amides is 1. The third kappa shape index (κ3) is 4.34. The number of rotatable bonds is 7. The molecule has 5 nitrogen and oxygen atoms in total. The first-order valence-corrected chi connectivity index (χ1v) is 9.18. The van der Waals surface area contributed by atoms with E-state index < -0.39 is 0 Å². The summed E-state index contributed by atoms with van der Waals surface area (Å²) in [6.07, 6.45) is 2.38. The lowest BCUT2D eigenvalue weighted by Crippen LogP contribution is -2.34. The predicted molar refractivity (Wildman–Crippen MR) is 104 cm³/mol. The van der Waals surface area contributed by atoms with Crippen molar-refractivity contribution in [2.45, 2.75) is 32.7 Å². The standard InChI is InChI=1S/C20H24ClN3O2/c1-13-10-18(14(2)24(13)17-8-9-17)19(25)11-23(3)12-20(26)22-16-6-4-15(21)5-7-16/h4-7,10,17H,8-9,11-12H2,1-3H3,(H,22,26). The van der Waals surface area contributed by atoms with E-state index in [1.165, 1.54) is 12.8 Å². The Balaban J connectivity index is 1.56. The monoisotopic (exact) mass is 373 g/mol. The van der Waals surface area contributed by atoms with E-state index in [-0.39, 0.29) is 24.8 Å². The van der Waals surface area contributed by atoms with Crippen LogP contribution in [0.15, 0.2) is 30.3 Å². The Labute approximate surface area is 158 Å². The fourth-order valence-corrected chi connectivity index (χ4v) is 3.45. The van der Waals surface area contributed by atoms with E-state index in [2.05, 4.69) is 9.88 Å². The first-order valence-electron chi connectivity index (χ1n) is 8.80. The maximum absolute atomic E-state index is 12.7. The Hall–Kier alpha value is -2.11. The van der Waals surface area contributed by atoms with Crippen LogP contribution in [0.1, 0.15) is 40.6 Å². The van der Waals surface area contributed by atoms with Crippen molar-refractivity contribution in [1.29, 1.82) is 0 Å². The largest absolute Gasteiger partial charge is 0.345 e. The van der Waals surface area contributed by atoms with Crippen molar-refractivity contribution in [3.63, 3.8) is 0 Å². The molecule has 1 fully saturated rings.